The Labute approximate surface area is 196 Å². The molecule has 33 heavy (non-hydrogen) atoms. The third-order valence-electron chi connectivity index (χ3n) is 6.37. The van der Waals surface area contributed by atoms with Crippen LogP contribution in [0.25, 0.3) is 5.76 Å². The van der Waals surface area contributed by atoms with Gasteiger partial charge in [-0.25, -0.2) is 0 Å². The largest absolute Gasteiger partial charge is 0.507 e. The predicted octanol–water partition coefficient (Wildman–Crippen LogP) is 4.58. The van der Waals surface area contributed by atoms with E-state index >= 15 is 0 Å². The van der Waals surface area contributed by atoms with Crippen LogP contribution in [0.2, 0.25) is 0 Å². The van der Waals surface area contributed by atoms with Crippen LogP contribution in [0.4, 0.5) is 0 Å². The van der Waals surface area contributed by atoms with E-state index < -0.39 is 17.7 Å². The Bertz CT molecular complexity index is 1010. The smallest absolute Gasteiger partial charge is 0.295 e. The lowest BCUT2D eigenvalue weighted by molar-refractivity contribution is -0.140. The van der Waals surface area contributed by atoms with Gasteiger partial charge >= 0.3 is 0 Å². The van der Waals surface area contributed by atoms with E-state index in [2.05, 4.69) is 32.6 Å². The zero-order chi connectivity index (χ0) is 24.1. The average molecular weight is 451 g/mol. The van der Waals surface area contributed by atoms with Crippen LogP contribution in [0, 0.1) is 0 Å². The van der Waals surface area contributed by atoms with Crippen molar-refractivity contribution in [2.75, 3.05) is 33.3 Å². The van der Waals surface area contributed by atoms with E-state index in [9.17, 15) is 14.7 Å². The molecule has 2 aromatic carbocycles. The first-order valence-corrected chi connectivity index (χ1v) is 11.6. The number of aliphatic hydroxyl groups excluding tert-OH is 1. The monoisotopic (exact) mass is 450 g/mol. The van der Waals surface area contributed by atoms with E-state index in [1.54, 1.807) is 36.3 Å². The van der Waals surface area contributed by atoms with Gasteiger partial charge in [-0.3, -0.25) is 9.59 Å². The second kappa shape index (κ2) is 10.7. The van der Waals surface area contributed by atoms with Gasteiger partial charge in [-0.05, 0) is 54.4 Å². The fraction of sp³-hybridized carbons (Fsp3) is 0.407. The number of Topliss-reactive ketones (excluding diaryl/α,β-unsaturated/α-hetero) is 1. The second-order valence-corrected chi connectivity index (χ2v) is 8.57. The highest BCUT2D eigenvalue weighted by atomic mass is 16.5. The number of nitrogens with zero attached hydrogens (tertiary/aromatic N) is 2. The highest BCUT2D eigenvalue weighted by Crippen LogP contribution is 2.39. The molecule has 1 aliphatic rings. The summed E-state index contributed by atoms with van der Waals surface area (Å²) in [5.74, 6) is -0.380. The summed E-state index contributed by atoms with van der Waals surface area (Å²) < 4.78 is 5.19. The lowest BCUT2D eigenvalue weighted by atomic mass is 9.93. The minimum absolute atomic E-state index is 0.127. The highest BCUT2D eigenvalue weighted by molar-refractivity contribution is 6.46. The Kier molecular flexibility index (Phi) is 7.92. The van der Waals surface area contributed by atoms with Crippen LogP contribution in [0.3, 0.4) is 0 Å². The maximum atomic E-state index is 13.1. The summed E-state index contributed by atoms with van der Waals surface area (Å²) in [5, 5.41) is 11.2. The molecule has 176 valence electrons. The first-order valence-electron chi connectivity index (χ1n) is 11.6. The number of amides is 1. The molecule has 0 spiro atoms. The minimum Gasteiger partial charge on any atom is -0.507 e. The summed E-state index contributed by atoms with van der Waals surface area (Å²) >= 11 is 0. The maximum Gasteiger partial charge on any atom is 0.295 e. The Morgan fingerprint density at radius 2 is 1.64 bits per heavy atom. The van der Waals surface area contributed by atoms with E-state index in [0.717, 1.165) is 18.7 Å². The van der Waals surface area contributed by atoms with Crippen LogP contribution in [0.15, 0.2) is 54.1 Å². The Morgan fingerprint density at radius 3 is 2.15 bits per heavy atom. The molecule has 0 bridgehead atoms. The van der Waals surface area contributed by atoms with Crippen molar-refractivity contribution in [3.05, 3.63) is 70.8 Å². The third-order valence-corrected chi connectivity index (χ3v) is 6.37. The number of rotatable bonds is 9. The van der Waals surface area contributed by atoms with Crippen molar-refractivity contribution in [1.29, 1.82) is 0 Å². The molecule has 1 saturated heterocycles. The first kappa shape index (κ1) is 24.5. The summed E-state index contributed by atoms with van der Waals surface area (Å²) in [5.41, 5.74) is 2.59. The first-order chi connectivity index (χ1) is 15.8. The van der Waals surface area contributed by atoms with Gasteiger partial charge in [0, 0.05) is 18.7 Å². The van der Waals surface area contributed by atoms with Gasteiger partial charge in [0.25, 0.3) is 11.7 Å². The SMILES string of the molecule is CCN(CC)CCN1C(=O)C(=O)/C(=C(/O)c2ccc(OC)cc2)[C@H]1c1ccc(C(C)C)cc1. The number of hydrogen-bond donors (Lipinski definition) is 1. The summed E-state index contributed by atoms with van der Waals surface area (Å²) in [7, 11) is 1.57. The molecule has 1 N–H and O–H groups in total. The number of ketones is 1. The summed E-state index contributed by atoms with van der Waals surface area (Å²) in [6.07, 6.45) is 0. The number of likely N-dealkylation sites (tertiary alicyclic amines) is 1. The van der Waals surface area contributed by atoms with Crippen molar-refractivity contribution in [2.45, 2.75) is 39.7 Å². The number of likely N-dealkylation sites (N-methyl/N-ethyl adjacent to an activating group) is 1. The van der Waals surface area contributed by atoms with Gasteiger partial charge < -0.3 is 19.6 Å². The molecule has 0 aromatic heterocycles. The molecule has 0 unspecified atom stereocenters. The number of carbonyl (C=O) groups excluding carboxylic acids is 2. The quantitative estimate of drug-likeness (QED) is 0.344. The molecule has 2 aromatic rings. The Morgan fingerprint density at radius 1 is 1.03 bits per heavy atom. The molecule has 1 heterocycles. The standard InChI is InChI=1S/C27H34N2O4/c1-6-28(7-2)16-17-29-24(20-10-8-19(9-11-20)18(3)4)23(26(31)27(29)32)25(30)21-12-14-22(33-5)15-13-21/h8-15,18,24,30H,6-7,16-17H2,1-5H3/b25-23+/t24-/m1/s1. The molecule has 1 aliphatic heterocycles. The molecule has 1 fully saturated rings. The molecular weight excluding hydrogens is 416 g/mol. The zero-order valence-electron chi connectivity index (χ0n) is 20.2. The minimum atomic E-state index is -0.652. The van der Waals surface area contributed by atoms with Crippen molar-refractivity contribution in [1.82, 2.24) is 9.80 Å². The normalized spacial score (nSPS) is 17.9. The number of benzene rings is 2. The molecule has 3 rings (SSSR count). The lowest BCUT2D eigenvalue weighted by Gasteiger charge is -2.28. The van der Waals surface area contributed by atoms with E-state index in [1.165, 1.54) is 5.56 Å². The Hall–Kier alpha value is -3.12. The van der Waals surface area contributed by atoms with Gasteiger partial charge in [0.2, 0.25) is 0 Å². The summed E-state index contributed by atoms with van der Waals surface area (Å²) in [6.45, 7) is 11.2. The zero-order valence-corrected chi connectivity index (χ0v) is 20.2. The predicted molar refractivity (Wildman–Crippen MR) is 130 cm³/mol. The molecule has 6 heteroatoms. The van der Waals surface area contributed by atoms with E-state index in [-0.39, 0.29) is 11.3 Å². The van der Waals surface area contributed by atoms with Crippen molar-refractivity contribution in [3.8, 4) is 5.75 Å². The average Bonchev–Trinajstić information content (AvgIpc) is 3.09. The van der Waals surface area contributed by atoms with Crippen LogP contribution in [0.5, 0.6) is 5.75 Å². The van der Waals surface area contributed by atoms with Gasteiger partial charge in [-0.1, -0.05) is 52.0 Å². The highest BCUT2D eigenvalue weighted by Gasteiger charge is 2.45. The molecule has 6 nitrogen and oxygen atoms in total. The van der Waals surface area contributed by atoms with Gasteiger partial charge in [-0.15, -0.1) is 0 Å². The van der Waals surface area contributed by atoms with Gasteiger partial charge in [-0.2, -0.15) is 0 Å². The molecule has 1 atom stereocenters. The summed E-state index contributed by atoms with van der Waals surface area (Å²) in [4.78, 5) is 30.0. The number of methoxy groups -OCH3 is 1. The number of ether oxygens (including phenoxy) is 1. The Balaban J connectivity index is 2.08. The van der Waals surface area contributed by atoms with Crippen LogP contribution < -0.4 is 4.74 Å². The maximum absolute atomic E-state index is 13.1. The van der Waals surface area contributed by atoms with Gasteiger partial charge in [0.15, 0.2) is 0 Å². The van der Waals surface area contributed by atoms with Gasteiger partial charge in [0.1, 0.15) is 11.5 Å². The van der Waals surface area contributed by atoms with Crippen molar-refractivity contribution < 1.29 is 19.4 Å². The van der Waals surface area contributed by atoms with Crippen LogP contribution >= 0.6 is 0 Å². The van der Waals surface area contributed by atoms with Crippen molar-refractivity contribution in [2.24, 2.45) is 0 Å². The van der Waals surface area contributed by atoms with Crippen molar-refractivity contribution >= 4 is 17.4 Å². The summed E-state index contributed by atoms with van der Waals surface area (Å²) in [6, 6.07) is 14.2. The topological polar surface area (TPSA) is 70.1 Å². The van der Waals surface area contributed by atoms with E-state index in [1.807, 2.05) is 24.3 Å². The molecule has 0 radical (unpaired) electrons. The fourth-order valence-electron chi connectivity index (χ4n) is 4.21. The number of hydrogen-bond acceptors (Lipinski definition) is 5. The molecular formula is C27H34N2O4. The van der Waals surface area contributed by atoms with Crippen molar-refractivity contribution in [3.63, 3.8) is 0 Å². The van der Waals surface area contributed by atoms with E-state index in [4.69, 9.17) is 4.74 Å². The van der Waals surface area contributed by atoms with Gasteiger partial charge in [0.05, 0.1) is 18.7 Å². The van der Waals surface area contributed by atoms with Crippen LogP contribution in [-0.2, 0) is 9.59 Å². The van der Waals surface area contributed by atoms with Crippen LogP contribution in [0.1, 0.15) is 56.3 Å². The second-order valence-electron chi connectivity index (χ2n) is 8.57. The third kappa shape index (κ3) is 5.11. The fourth-order valence-corrected chi connectivity index (χ4v) is 4.21. The van der Waals surface area contributed by atoms with Crippen LogP contribution in [-0.4, -0.2) is 59.9 Å². The van der Waals surface area contributed by atoms with E-state index in [0.29, 0.717) is 30.3 Å². The molecule has 0 saturated carbocycles. The number of carbonyl (C=O) groups is 2. The molecule has 1 amide bonds. The molecule has 0 aliphatic carbocycles. The number of aliphatic hydroxyl groups is 1. The lowest BCUT2D eigenvalue weighted by Crippen LogP contribution is -2.38.